The van der Waals surface area contributed by atoms with Crippen molar-refractivity contribution in [2.75, 3.05) is 19.8 Å². The van der Waals surface area contributed by atoms with Crippen LogP contribution in [0.4, 0.5) is 4.79 Å². The minimum Gasteiger partial charge on any atom is -0.353 e. The van der Waals surface area contributed by atoms with E-state index in [0.29, 0.717) is 19.6 Å². The molecular formula is C22H32N2O4. The van der Waals surface area contributed by atoms with E-state index in [4.69, 9.17) is 9.47 Å². The minimum atomic E-state index is -1.03. The number of ether oxygens (including phenoxy) is 2. The lowest BCUT2D eigenvalue weighted by atomic mass is 9.84. The number of nitrogens with one attached hydrogen (secondary N) is 1. The van der Waals surface area contributed by atoms with E-state index in [2.05, 4.69) is 26.1 Å². The van der Waals surface area contributed by atoms with Crippen LogP contribution in [-0.2, 0) is 25.2 Å². The van der Waals surface area contributed by atoms with E-state index in [0.717, 1.165) is 31.4 Å². The van der Waals surface area contributed by atoms with Crippen molar-refractivity contribution < 1.29 is 19.1 Å². The number of amides is 3. The second kappa shape index (κ2) is 8.21. The van der Waals surface area contributed by atoms with Gasteiger partial charge in [-0.1, -0.05) is 45.0 Å². The highest BCUT2D eigenvalue weighted by Gasteiger charge is 2.48. The highest BCUT2D eigenvalue weighted by molar-refractivity contribution is 6.07. The Hall–Kier alpha value is -1.92. The third kappa shape index (κ3) is 4.39. The first-order valence-electron chi connectivity index (χ1n) is 10.2. The molecule has 0 bridgehead atoms. The Labute approximate surface area is 167 Å². The summed E-state index contributed by atoms with van der Waals surface area (Å²) >= 11 is 0. The number of hydrogen-bond donors (Lipinski definition) is 1. The lowest BCUT2D eigenvalue weighted by Gasteiger charge is -2.25. The predicted octanol–water partition coefficient (Wildman–Crippen LogP) is 3.68. The monoisotopic (exact) mass is 388 g/mol. The van der Waals surface area contributed by atoms with Gasteiger partial charge in [0.1, 0.15) is 5.54 Å². The third-order valence-electron chi connectivity index (χ3n) is 5.57. The van der Waals surface area contributed by atoms with Crippen LogP contribution in [0, 0.1) is 0 Å². The van der Waals surface area contributed by atoms with Gasteiger partial charge in [0.25, 0.3) is 5.91 Å². The zero-order chi connectivity index (χ0) is 20.4. The van der Waals surface area contributed by atoms with Crippen LogP contribution < -0.4 is 5.32 Å². The average molecular weight is 389 g/mol. The normalized spacial score (nSPS) is 25.9. The molecule has 3 amide bonds. The summed E-state index contributed by atoms with van der Waals surface area (Å²) in [7, 11) is 0. The minimum absolute atomic E-state index is 0.0381. The summed E-state index contributed by atoms with van der Waals surface area (Å²) in [5.41, 5.74) is 1.00. The summed E-state index contributed by atoms with van der Waals surface area (Å²) in [6, 6.07) is 7.58. The first-order valence-corrected chi connectivity index (χ1v) is 10.2. The van der Waals surface area contributed by atoms with Crippen LogP contribution in [0.3, 0.4) is 0 Å². The van der Waals surface area contributed by atoms with Crippen molar-refractivity contribution in [3.63, 3.8) is 0 Å². The van der Waals surface area contributed by atoms with E-state index < -0.39 is 5.54 Å². The van der Waals surface area contributed by atoms with Crippen molar-refractivity contribution in [2.45, 2.75) is 70.6 Å². The SMILES string of the molecule is CC(C)(C)c1ccc(C2(C)NC(=O)N(CCCOC3CCCCO3)C2=O)cc1. The summed E-state index contributed by atoms with van der Waals surface area (Å²) in [5.74, 6) is -0.213. The van der Waals surface area contributed by atoms with E-state index >= 15 is 0 Å². The van der Waals surface area contributed by atoms with Gasteiger partial charge in [-0.15, -0.1) is 0 Å². The maximum Gasteiger partial charge on any atom is 0.325 e. The fourth-order valence-corrected chi connectivity index (χ4v) is 3.68. The molecule has 2 aliphatic rings. The molecule has 0 saturated carbocycles. The number of carbonyl (C=O) groups excluding carboxylic acids is 2. The van der Waals surface area contributed by atoms with Crippen molar-refractivity contribution in [2.24, 2.45) is 0 Å². The zero-order valence-electron chi connectivity index (χ0n) is 17.4. The zero-order valence-corrected chi connectivity index (χ0v) is 17.4. The van der Waals surface area contributed by atoms with Gasteiger partial charge in [-0.25, -0.2) is 4.79 Å². The molecule has 0 aliphatic carbocycles. The number of imide groups is 1. The molecule has 2 atom stereocenters. The van der Waals surface area contributed by atoms with Crippen molar-refractivity contribution in [3.8, 4) is 0 Å². The average Bonchev–Trinajstić information content (AvgIpc) is 2.89. The molecule has 2 saturated heterocycles. The number of hydrogen-bond acceptors (Lipinski definition) is 4. The summed E-state index contributed by atoms with van der Waals surface area (Å²) in [5, 5.41) is 2.87. The van der Waals surface area contributed by atoms with Crippen molar-refractivity contribution in [1.82, 2.24) is 10.2 Å². The van der Waals surface area contributed by atoms with Gasteiger partial charge in [0.15, 0.2) is 6.29 Å². The van der Waals surface area contributed by atoms with E-state index in [1.165, 1.54) is 10.5 Å². The van der Waals surface area contributed by atoms with Crippen molar-refractivity contribution >= 4 is 11.9 Å². The fourth-order valence-electron chi connectivity index (χ4n) is 3.68. The van der Waals surface area contributed by atoms with Gasteiger partial charge >= 0.3 is 6.03 Å². The first kappa shape index (κ1) is 20.8. The molecule has 1 aromatic rings. The van der Waals surface area contributed by atoms with Crippen LogP contribution in [0.2, 0.25) is 0 Å². The smallest absolute Gasteiger partial charge is 0.325 e. The molecule has 2 fully saturated rings. The Balaban J connectivity index is 1.58. The van der Waals surface area contributed by atoms with Gasteiger partial charge in [0.05, 0.1) is 6.61 Å². The maximum atomic E-state index is 13.0. The molecule has 2 aliphatic heterocycles. The second-order valence-electron chi connectivity index (χ2n) is 8.86. The third-order valence-corrected chi connectivity index (χ3v) is 5.57. The molecule has 0 aromatic heterocycles. The van der Waals surface area contributed by atoms with Gasteiger partial charge in [-0.2, -0.15) is 0 Å². The summed E-state index contributed by atoms with van der Waals surface area (Å²) < 4.78 is 11.2. The van der Waals surface area contributed by atoms with E-state index in [1.807, 2.05) is 24.3 Å². The van der Waals surface area contributed by atoms with Gasteiger partial charge in [0, 0.05) is 13.2 Å². The Bertz CT molecular complexity index is 704. The number of carbonyl (C=O) groups is 2. The molecule has 6 heteroatoms. The maximum absolute atomic E-state index is 13.0. The largest absolute Gasteiger partial charge is 0.353 e. The molecule has 28 heavy (non-hydrogen) atoms. The van der Waals surface area contributed by atoms with E-state index in [-0.39, 0.29) is 23.6 Å². The van der Waals surface area contributed by atoms with Crippen molar-refractivity contribution in [3.05, 3.63) is 35.4 Å². The number of benzene rings is 1. The summed E-state index contributed by atoms with van der Waals surface area (Å²) in [6.07, 6.45) is 3.55. The van der Waals surface area contributed by atoms with Crippen LogP contribution in [0.5, 0.6) is 0 Å². The van der Waals surface area contributed by atoms with E-state index in [9.17, 15) is 9.59 Å². The Morgan fingerprint density at radius 2 is 1.93 bits per heavy atom. The number of rotatable bonds is 6. The van der Waals surface area contributed by atoms with Crippen LogP contribution in [-0.4, -0.2) is 42.9 Å². The highest BCUT2D eigenvalue weighted by atomic mass is 16.7. The summed E-state index contributed by atoms with van der Waals surface area (Å²) in [6.45, 7) is 9.76. The fraction of sp³-hybridized carbons (Fsp3) is 0.636. The molecule has 2 unspecified atom stereocenters. The quantitative estimate of drug-likeness (QED) is 0.596. The van der Waals surface area contributed by atoms with E-state index in [1.54, 1.807) is 6.92 Å². The molecule has 3 rings (SSSR count). The molecule has 1 N–H and O–H groups in total. The topological polar surface area (TPSA) is 67.9 Å². The van der Waals surface area contributed by atoms with Gasteiger partial charge in [-0.05, 0) is 49.1 Å². The molecule has 1 aromatic carbocycles. The Morgan fingerprint density at radius 3 is 2.54 bits per heavy atom. The highest BCUT2D eigenvalue weighted by Crippen LogP contribution is 2.31. The lowest BCUT2D eigenvalue weighted by molar-refractivity contribution is -0.163. The summed E-state index contributed by atoms with van der Waals surface area (Å²) in [4.78, 5) is 26.7. The standard InChI is InChI=1S/C22H32N2O4/c1-21(2,3)16-9-11-17(12-10-16)22(4)19(25)24(20(26)23-22)13-7-15-28-18-8-5-6-14-27-18/h9-12,18H,5-8,13-15H2,1-4H3,(H,23,26). The first-order chi connectivity index (χ1) is 13.2. The van der Waals surface area contributed by atoms with Gasteiger partial charge < -0.3 is 14.8 Å². The number of nitrogens with zero attached hydrogens (tertiary/aromatic N) is 1. The molecular weight excluding hydrogens is 356 g/mol. The van der Waals surface area contributed by atoms with Crippen LogP contribution in [0.1, 0.15) is 64.5 Å². The van der Waals surface area contributed by atoms with Crippen molar-refractivity contribution in [1.29, 1.82) is 0 Å². The molecule has 6 nitrogen and oxygen atoms in total. The number of urea groups is 1. The predicted molar refractivity (Wildman–Crippen MR) is 107 cm³/mol. The van der Waals surface area contributed by atoms with Crippen LogP contribution >= 0.6 is 0 Å². The van der Waals surface area contributed by atoms with Crippen LogP contribution in [0.25, 0.3) is 0 Å². The Morgan fingerprint density at radius 1 is 1.21 bits per heavy atom. The second-order valence-corrected chi connectivity index (χ2v) is 8.86. The molecule has 2 heterocycles. The lowest BCUT2D eigenvalue weighted by Crippen LogP contribution is -2.41. The van der Waals surface area contributed by atoms with Gasteiger partial charge in [0.2, 0.25) is 0 Å². The van der Waals surface area contributed by atoms with Crippen LogP contribution in [0.15, 0.2) is 24.3 Å². The molecule has 0 spiro atoms. The Kier molecular flexibility index (Phi) is 6.10. The molecule has 0 radical (unpaired) electrons. The molecule has 154 valence electrons. The van der Waals surface area contributed by atoms with Gasteiger partial charge in [-0.3, -0.25) is 9.69 Å².